The maximum absolute atomic E-state index is 11.4. The number of pyridine rings is 1. The molecule has 0 aliphatic carbocycles. The van der Waals surface area contributed by atoms with Gasteiger partial charge in [-0.25, -0.2) is 9.98 Å². The average Bonchev–Trinajstić information content (AvgIpc) is 2.59. The Morgan fingerprint density at radius 3 is 3.05 bits per heavy atom. The number of carbonyl (C=O) groups is 1. The van der Waals surface area contributed by atoms with Gasteiger partial charge < -0.3 is 10.6 Å². The van der Waals surface area contributed by atoms with Gasteiger partial charge in [0, 0.05) is 12.4 Å². The van der Waals surface area contributed by atoms with E-state index in [1.54, 1.807) is 18.6 Å². The van der Waals surface area contributed by atoms with Gasteiger partial charge in [-0.05, 0) is 28.1 Å². The molecule has 96 valence electrons. The Balaban J connectivity index is 2.08. The molecule has 0 saturated carbocycles. The number of halogens is 1. The minimum atomic E-state index is -0.0933. The van der Waals surface area contributed by atoms with Crippen molar-refractivity contribution in [3.8, 4) is 0 Å². The summed E-state index contributed by atoms with van der Waals surface area (Å²) in [5.41, 5.74) is 0.618. The van der Waals surface area contributed by atoms with Crippen molar-refractivity contribution in [3.05, 3.63) is 46.7 Å². The summed E-state index contributed by atoms with van der Waals surface area (Å²) in [6.45, 7) is 0.224. The average molecular weight is 320 g/mol. The number of carbonyl (C=O) groups excluding carboxylic acids is 1. The number of nitrogens with one attached hydrogen (secondary N) is 2. The molecule has 1 aromatic rings. The lowest BCUT2D eigenvalue weighted by molar-refractivity contribution is -0.119. The molecule has 0 atom stereocenters. The summed E-state index contributed by atoms with van der Waals surface area (Å²) in [4.78, 5) is 21.8. The highest BCUT2D eigenvalue weighted by molar-refractivity contribution is 9.11. The molecule has 1 amide bonds. The van der Waals surface area contributed by atoms with Crippen molar-refractivity contribution in [3.63, 3.8) is 0 Å². The van der Waals surface area contributed by atoms with Crippen LogP contribution in [0.15, 0.2) is 51.7 Å². The maximum atomic E-state index is 11.4. The summed E-state index contributed by atoms with van der Waals surface area (Å²) in [6, 6.07) is 5.63. The maximum Gasteiger partial charge on any atom is 0.243 e. The first-order chi connectivity index (χ1) is 9.24. The fraction of sp³-hybridized carbons (Fsp3) is 0.0833. The van der Waals surface area contributed by atoms with Crippen LogP contribution in [-0.2, 0) is 4.79 Å². The Hall–Kier alpha value is -2.15. The Morgan fingerprint density at radius 2 is 2.26 bits per heavy atom. The molecule has 3 heterocycles. The first kappa shape index (κ1) is 11.9. The van der Waals surface area contributed by atoms with Crippen LogP contribution in [-0.4, -0.2) is 23.7 Å². The molecule has 2 aliphatic rings. The first-order valence-electron chi connectivity index (χ1n) is 5.64. The number of hydrogen-bond acceptors (Lipinski definition) is 5. The zero-order valence-electron chi connectivity index (χ0n) is 9.80. The summed E-state index contributed by atoms with van der Waals surface area (Å²) in [5, 5.41) is 5.86. The molecule has 3 rings (SSSR count). The molecule has 0 bridgehead atoms. The van der Waals surface area contributed by atoms with Crippen molar-refractivity contribution in [1.29, 1.82) is 0 Å². The lowest BCUT2D eigenvalue weighted by Gasteiger charge is -2.27. The van der Waals surface area contributed by atoms with Crippen LogP contribution in [0.4, 0.5) is 5.82 Å². The number of allylic oxidation sites excluding steroid dienone is 1. The molecular weight excluding hydrogens is 310 g/mol. The fourth-order valence-corrected chi connectivity index (χ4v) is 2.14. The van der Waals surface area contributed by atoms with Crippen LogP contribution < -0.4 is 15.5 Å². The molecule has 7 heteroatoms. The van der Waals surface area contributed by atoms with Gasteiger partial charge in [0.2, 0.25) is 5.91 Å². The minimum Gasteiger partial charge on any atom is -0.360 e. The Bertz CT molecular complexity index is 608. The fourth-order valence-electron chi connectivity index (χ4n) is 1.83. The Labute approximate surface area is 118 Å². The van der Waals surface area contributed by atoms with Crippen molar-refractivity contribution < 1.29 is 4.79 Å². The van der Waals surface area contributed by atoms with Crippen LogP contribution in [0.1, 0.15) is 0 Å². The number of anilines is 1. The second kappa shape index (κ2) is 4.85. The summed E-state index contributed by atoms with van der Waals surface area (Å²) >= 11 is 3.35. The lowest BCUT2D eigenvalue weighted by Crippen LogP contribution is -2.45. The van der Waals surface area contributed by atoms with E-state index >= 15 is 0 Å². The molecule has 2 N–H and O–H groups in total. The summed E-state index contributed by atoms with van der Waals surface area (Å²) < 4.78 is 0.642. The van der Waals surface area contributed by atoms with Gasteiger partial charge in [-0.1, -0.05) is 6.07 Å². The zero-order valence-corrected chi connectivity index (χ0v) is 11.4. The molecule has 0 spiro atoms. The summed E-state index contributed by atoms with van der Waals surface area (Å²) in [6.07, 6.45) is 5.11. The number of hydrogen-bond donors (Lipinski definition) is 2. The number of rotatable bonds is 1. The number of amides is 1. The molecule has 0 aromatic carbocycles. The second-order valence-electron chi connectivity index (χ2n) is 3.93. The normalized spacial score (nSPS) is 18.3. The first-order valence-corrected chi connectivity index (χ1v) is 6.43. The number of aliphatic imine (C=N–C) groups is 1. The third kappa shape index (κ3) is 2.37. The van der Waals surface area contributed by atoms with Gasteiger partial charge in [0.1, 0.15) is 21.9 Å². The van der Waals surface area contributed by atoms with E-state index in [1.165, 1.54) is 0 Å². The van der Waals surface area contributed by atoms with E-state index in [2.05, 4.69) is 36.5 Å². The van der Waals surface area contributed by atoms with E-state index in [9.17, 15) is 4.79 Å². The van der Waals surface area contributed by atoms with Crippen LogP contribution >= 0.6 is 15.9 Å². The van der Waals surface area contributed by atoms with E-state index < -0.39 is 0 Å². The van der Waals surface area contributed by atoms with Crippen LogP contribution in [0.2, 0.25) is 0 Å². The van der Waals surface area contributed by atoms with Crippen molar-refractivity contribution in [2.45, 2.75) is 0 Å². The molecule has 0 radical (unpaired) electrons. The van der Waals surface area contributed by atoms with Gasteiger partial charge in [0.25, 0.3) is 0 Å². The second-order valence-corrected chi connectivity index (χ2v) is 4.74. The van der Waals surface area contributed by atoms with E-state index in [1.807, 2.05) is 23.1 Å². The van der Waals surface area contributed by atoms with Gasteiger partial charge in [0.15, 0.2) is 0 Å². The third-order valence-electron chi connectivity index (χ3n) is 2.64. The van der Waals surface area contributed by atoms with Crippen molar-refractivity contribution >= 4 is 33.9 Å². The monoisotopic (exact) mass is 319 g/mol. The van der Waals surface area contributed by atoms with Gasteiger partial charge in [-0.3, -0.25) is 9.69 Å². The van der Waals surface area contributed by atoms with E-state index in [0.717, 1.165) is 11.6 Å². The van der Waals surface area contributed by atoms with Gasteiger partial charge in [0.05, 0.1) is 12.8 Å². The van der Waals surface area contributed by atoms with Crippen LogP contribution in [0, 0.1) is 0 Å². The molecule has 0 unspecified atom stereocenters. The topological polar surface area (TPSA) is 69.6 Å². The molecule has 6 nitrogen and oxygen atoms in total. The molecule has 2 aliphatic heterocycles. The predicted octanol–water partition coefficient (Wildman–Crippen LogP) is 1.05. The molecule has 0 fully saturated rings. The van der Waals surface area contributed by atoms with Crippen molar-refractivity contribution in [1.82, 2.24) is 15.6 Å². The van der Waals surface area contributed by atoms with Gasteiger partial charge in [-0.15, -0.1) is 0 Å². The smallest absolute Gasteiger partial charge is 0.243 e. The summed E-state index contributed by atoms with van der Waals surface area (Å²) in [7, 11) is 0. The number of nitrogens with zero attached hydrogens (tertiary/aromatic N) is 3. The van der Waals surface area contributed by atoms with Gasteiger partial charge >= 0.3 is 0 Å². The van der Waals surface area contributed by atoms with Crippen LogP contribution in [0.3, 0.4) is 0 Å². The van der Waals surface area contributed by atoms with E-state index in [0.29, 0.717) is 10.3 Å². The van der Waals surface area contributed by atoms with Crippen molar-refractivity contribution in [2.75, 3.05) is 11.4 Å². The standard InChI is InChI=1S/C12H10BrN5O/c13-9-7-18(10-3-1-2-4-14-10)12-8(5-15-9)17-11(19)6-16-12/h1-5,7,16H,6H2,(H,17,19). The van der Waals surface area contributed by atoms with E-state index in [4.69, 9.17) is 0 Å². The largest absolute Gasteiger partial charge is 0.360 e. The Morgan fingerprint density at radius 1 is 1.37 bits per heavy atom. The molecule has 1 aromatic heterocycles. The molecule has 19 heavy (non-hydrogen) atoms. The SMILES string of the molecule is O=C1CNC2=C(C=NC(Br)=CN2c2ccccn2)N1. The lowest BCUT2D eigenvalue weighted by atomic mass is 10.3. The quantitative estimate of drug-likeness (QED) is 0.759. The Kier molecular flexibility index (Phi) is 3.04. The number of aromatic nitrogens is 1. The predicted molar refractivity (Wildman–Crippen MR) is 75.4 cm³/mol. The molecule has 0 saturated heterocycles. The van der Waals surface area contributed by atoms with Crippen LogP contribution in [0.25, 0.3) is 0 Å². The third-order valence-corrected chi connectivity index (χ3v) is 3.04. The van der Waals surface area contributed by atoms with E-state index in [-0.39, 0.29) is 12.5 Å². The highest BCUT2D eigenvalue weighted by Gasteiger charge is 2.23. The minimum absolute atomic E-state index is 0.0933. The highest BCUT2D eigenvalue weighted by atomic mass is 79.9. The molecular formula is C12H10BrN5O. The van der Waals surface area contributed by atoms with Gasteiger partial charge in [-0.2, -0.15) is 0 Å². The highest BCUT2D eigenvalue weighted by Crippen LogP contribution is 2.23. The summed E-state index contributed by atoms with van der Waals surface area (Å²) in [5.74, 6) is 1.39. The van der Waals surface area contributed by atoms with Crippen molar-refractivity contribution in [2.24, 2.45) is 4.99 Å². The van der Waals surface area contributed by atoms with Crippen LogP contribution in [0.5, 0.6) is 0 Å². The zero-order chi connectivity index (χ0) is 13.2.